The van der Waals surface area contributed by atoms with Crippen molar-refractivity contribution in [3.63, 3.8) is 0 Å². The molecule has 4 heteroatoms. The maximum absolute atomic E-state index is 11.3. The molecule has 2 nitrogen and oxygen atoms in total. The van der Waals surface area contributed by atoms with Gasteiger partial charge in [0.05, 0.1) is 0 Å². The van der Waals surface area contributed by atoms with Gasteiger partial charge in [0.25, 0.3) is 0 Å². The van der Waals surface area contributed by atoms with Gasteiger partial charge in [-0.25, -0.2) is 0 Å². The van der Waals surface area contributed by atoms with E-state index in [1.54, 1.807) is 6.26 Å². The fraction of sp³-hybridized carbons (Fsp3) is 0.250. The van der Waals surface area contributed by atoms with Crippen LogP contribution in [0.2, 0.25) is 5.02 Å². The van der Waals surface area contributed by atoms with Crippen molar-refractivity contribution >= 4 is 28.1 Å². The van der Waals surface area contributed by atoms with Crippen molar-refractivity contribution in [1.82, 2.24) is 0 Å². The van der Waals surface area contributed by atoms with Crippen molar-refractivity contribution in [2.75, 3.05) is 11.6 Å². The predicted octanol–water partition coefficient (Wildman–Crippen LogP) is 4.14. The van der Waals surface area contributed by atoms with Gasteiger partial charge in [-0.3, -0.25) is 4.21 Å². The minimum Gasteiger partial charge on any atom is -0.381 e. The third-order valence-corrected chi connectivity index (χ3v) is 4.23. The van der Waals surface area contributed by atoms with E-state index in [2.05, 4.69) is 24.4 Å². The van der Waals surface area contributed by atoms with Crippen molar-refractivity contribution < 1.29 is 4.21 Å². The summed E-state index contributed by atoms with van der Waals surface area (Å²) in [7, 11) is -0.891. The van der Waals surface area contributed by atoms with Crippen LogP contribution in [0.4, 0.5) is 5.69 Å². The van der Waals surface area contributed by atoms with E-state index in [0.717, 1.165) is 17.8 Å². The summed E-state index contributed by atoms with van der Waals surface area (Å²) >= 11 is 6.12. The van der Waals surface area contributed by atoms with Gasteiger partial charge in [0.1, 0.15) is 0 Å². The average molecular weight is 308 g/mol. The van der Waals surface area contributed by atoms with Crippen LogP contribution in [0.25, 0.3) is 0 Å². The smallest absolute Gasteiger partial charge is 0.0498 e. The molecule has 20 heavy (non-hydrogen) atoms. The van der Waals surface area contributed by atoms with Crippen molar-refractivity contribution in [2.24, 2.45) is 0 Å². The topological polar surface area (TPSA) is 29.1 Å². The van der Waals surface area contributed by atoms with Crippen LogP contribution >= 0.6 is 11.6 Å². The summed E-state index contributed by atoms with van der Waals surface area (Å²) in [6.45, 7) is 2.87. The second-order valence-electron chi connectivity index (χ2n) is 4.80. The maximum Gasteiger partial charge on any atom is 0.0498 e. The second-order valence-corrected chi connectivity index (χ2v) is 6.65. The van der Waals surface area contributed by atoms with Crippen LogP contribution in [0.15, 0.2) is 42.5 Å². The Morgan fingerprint density at radius 3 is 2.60 bits per heavy atom. The Bertz CT molecular complexity index is 628. The maximum atomic E-state index is 11.3. The van der Waals surface area contributed by atoms with Gasteiger partial charge in [-0.15, -0.1) is 0 Å². The van der Waals surface area contributed by atoms with E-state index >= 15 is 0 Å². The zero-order valence-corrected chi connectivity index (χ0v) is 13.2. The molecule has 0 aliphatic rings. The first kappa shape index (κ1) is 15.1. The summed E-state index contributed by atoms with van der Waals surface area (Å²) in [5.74, 6) is 0.485. The lowest BCUT2D eigenvalue weighted by atomic mass is 10.1. The molecule has 0 bridgehead atoms. The van der Waals surface area contributed by atoms with Gasteiger partial charge in [-0.1, -0.05) is 35.9 Å². The average Bonchev–Trinajstić information content (AvgIpc) is 2.40. The van der Waals surface area contributed by atoms with Gasteiger partial charge in [0, 0.05) is 40.1 Å². The molecule has 0 saturated heterocycles. The second kappa shape index (κ2) is 6.91. The monoisotopic (exact) mass is 307 g/mol. The summed E-state index contributed by atoms with van der Waals surface area (Å²) in [6, 6.07) is 14.1. The molecule has 1 atom stereocenters. The fourth-order valence-corrected chi connectivity index (χ4v) is 2.96. The number of anilines is 1. The van der Waals surface area contributed by atoms with E-state index in [1.165, 1.54) is 11.1 Å². The Morgan fingerprint density at radius 2 is 1.90 bits per heavy atom. The highest BCUT2D eigenvalue weighted by molar-refractivity contribution is 7.83. The number of aryl methyl sites for hydroxylation is 1. The van der Waals surface area contributed by atoms with Gasteiger partial charge < -0.3 is 5.32 Å². The van der Waals surface area contributed by atoms with E-state index in [1.807, 2.05) is 30.3 Å². The van der Waals surface area contributed by atoms with Crippen molar-refractivity contribution in [3.05, 3.63) is 64.2 Å². The first-order valence-corrected chi connectivity index (χ1v) is 8.53. The molecule has 106 valence electrons. The standard InChI is InChI=1S/C16H18ClNOS/c1-12-5-3-4-6-13(12)10-18-15-7-8-16(17)14(9-15)11-20(2)19/h3-9,18H,10-11H2,1-2H3. The SMILES string of the molecule is Cc1ccccc1CNc1ccc(Cl)c(CS(C)=O)c1. The van der Waals surface area contributed by atoms with Gasteiger partial charge in [-0.05, 0) is 41.8 Å². The Morgan fingerprint density at radius 1 is 1.15 bits per heavy atom. The normalized spacial score (nSPS) is 12.2. The molecule has 2 aromatic rings. The molecule has 2 rings (SSSR count). The van der Waals surface area contributed by atoms with Gasteiger partial charge >= 0.3 is 0 Å². The molecule has 0 radical (unpaired) electrons. The first-order chi connectivity index (χ1) is 9.56. The summed E-state index contributed by atoms with van der Waals surface area (Å²) < 4.78 is 11.3. The van der Waals surface area contributed by atoms with Gasteiger partial charge in [0.15, 0.2) is 0 Å². The number of halogens is 1. The lowest BCUT2D eigenvalue weighted by Crippen LogP contribution is -2.02. The zero-order chi connectivity index (χ0) is 14.5. The summed E-state index contributed by atoms with van der Waals surface area (Å²) in [5.41, 5.74) is 4.45. The number of hydrogen-bond donors (Lipinski definition) is 1. The molecule has 0 heterocycles. The molecule has 0 spiro atoms. The molecule has 0 amide bonds. The molecule has 0 aromatic heterocycles. The molecule has 0 saturated carbocycles. The highest BCUT2D eigenvalue weighted by Crippen LogP contribution is 2.22. The lowest BCUT2D eigenvalue weighted by Gasteiger charge is -2.11. The third kappa shape index (κ3) is 4.09. The highest BCUT2D eigenvalue weighted by atomic mass is 35.5. The van der Waals surface area contributed by atoms with Crippen molar-refractivity contribution in [3.8, 4) is 0 Å². The van der Waals surface area contributed by atoms with Crippen LogP contribution in [0, 0.1) is 6.92 Å². The van der Waals surface area contributed by atoms with E-state index in [4.69, 9.17) is 11.6 Å². The summed E-state index contributed by atoms with van der Waals surface area (Å²) in [5, 5.41) is 4.05. The molecule has 1 N–H and O–H groups in total. The minimum absolute atomic E-state index is 0.485. The quantitative estimate of drug-likeness (QED) is 0.899. The number of rotatable bonds is 5. The van der Waals surface area contributed by atoms with Crippen molar-refractivity contribution in [2.45, 2.75) is 19.2 Å². The third-order valence-electron chi connectivity index (χ3n) is 3.15. The first-order valence-electron chi connectivity index (χ1n) is 6.43. The van der Waals surface area contributed by atoms with Crippen LogP contribution in [-0.2, 0) is 23.1 Å². The van der Waals surface area contributed by atoms with E-state index in [0.29, 0.717) is 10.8 Å². The zero-order valence-electron chi connectivity index (χ0n) is 11.7. The highest BCUT2D eigenvalue weighted by Gasteiger charge is 2.05. The minimum atomic E-state index is -0.891. The van der Waals surface area contributed by atoms with Crippen LogP contribution in [0.3, 0.4) is 0 Å². The molecular weight excluding hydrogens is 290 g/mol. The molecular formula is C16H18ClNOS. The van der Waals surface area contributed by atoms with Gasteiger partial charge in [-0.2, -0.15) is 0 Å². The molecule has 0 fully saturated rings. The van der Waals surface area contributed by atoms with Crippen LogP contribution < -0.4 is 5.32 Å². The fourth-order valence-electron chi connectivity index (χ4n) is 2.02. The molecule has 0 aliphatic heterocycles. The molecule has 2 aromatic carbocycles. The van der Waals surface area contributed by atoms with Crippen LogP contribution in [0.1, 0.15) is 16.7 Å². The number of benzene rings is 2. The predicted molar refractivity (Wildman–Crippen MR) is 87.7 cm³/mol. The Balaban J connectivity index is 2.10. The number of nitrogens with one attached hydrogen (secondary N) is 1. The Labute approximate surface area is 127 Å². The van der Waals surface area contributed by atoms with Gasteiger partial charge in [0.2, 0.25) is 0 Å². The lowest BCUT2D eigenvalue weighted by molar-refractivity contribution is 0.686. The molecule has 1 unspecified atom stereocenters. The number of hydrogen-bond acceptors (Lipinski definition) is 2. The van der Waals surface area contributed by atoms with Crippen LogP contribution in [-0.4, -0.2) is 10.5 Å². The largest absolute Gasteiger partial charge is 0.381 e. The Kier molecular flexibility index (Phi) is 5.21. The summed E-state index contributed by atoms with van der Waals surface area (Å²) in [4.78, 5) is 0. The molecule has 0 aliphatic carbocycles. The van der Waals surface area contributed by atoms with Crippen molar-refractivity contribution in [1.29, 1.82) is 0 Å². The van der Waals surface area contributed by atoms with Crippen LogP contribution in [0.5, 0.6) is 0 Å². The van der Waals surface area contributed by atoms with E-state index < -0.39 is 10.8 Å². The Hall–Kier alpha value is -1.32. The van der Waals surface area contributed by atoms with E-state index in [-0.39, 0.29) is 0 Å². The summed E-state index contributed by atoms with van der Waals surface area (Å²) in [6.07, 6.45) is 1.68. The van der Waals surface area contributed by atoms with E-state index in [9.17, 15) is 4.21 Å².